The molecule has 0 aliphatic rings. The monoisotopic (exact) mass is 260 g/mol. The van der Waals surface area contributed by atoms with Gasteiger partial charge in [0.05, 0.1) is 6.61 Å². The molecule has 0 saturated carbocycles. The Hall–Kier alpha value is -1.03. The number of hydrogen-bond donors (Lipinski definition) is 1. The van der Waals surface area contributed by atoms with Crippen LogP contribution in [0.25, 0.3) is 0 Å². The topological polar surface area (TPSA) is 20.2 Å². The summed E-state index contributed by atoms with van der Waals surface area (Å²) in [6.45, 7) is 3.86. The average molecular weight is 260 g/mol. The Morgan fingerprint density at radius 2 is 1.56 bits per heavy atom. The lowest BCUT2D eigenvalue weighted by molar-refractivity contribution is -0.136. The quantitative estimate of drug-likeness (QED) is 0.841. The van der Waals surface area contributed by atoms with Crippen LogP contribution in [0.4, 0.5) is 13.2 Å². The van der Waals surface area contributed by atoms with Crippen LogP contribution in [0.2, 0.25) is 0 Å². The van der Waals surface area contributed by atoms with E-state index in [9.17, 15) is 13.2 Å². The second-order valence-corrected chi connectivity index (χ2v) is 5.21. The van der Waals surface area contributed by atoms with E-state index in [1.165, 1.54) is 0 Å². The molecule has 0 atom stereocenters. The lowest BCUT2D eigenvalue weighted by atomic mass is 9.80. The van der Waals surface area contributed by atoms with Gasteiger partial charge in [-0.15, -0.1) is 0 Å². The molecule has 0 fully saturated rings. The minimum Gasteiger partial charge on any atom is -0.392 e. The molecule has 0 spiro atoms. The average Bonchev–Trinajstić information content (AvgIpc) is 2.27. The summed E-state index contributed by atoms with van der Waals surface area (Å²) in [4.78, 5) is 0. The van der Waals surface area contributed by atoms with Gasteiger partial charge in [0.1, 0.15) is 0 Å². The first-order valence-electron chi connectivity index (χ1n) is 6.02. The standard InChI is InChI=1S/C14H19F3O/c1-13(2,8-3-9-14(15,16)17)12-6-4-11(10-18)5-7-12/h4-7,18H,3,8-10H2,1-2H3. The number of aliphatic hydroxyl groups is 1. The summed E-state index contributed by atoms with van der Waals surface area (Å²) in [5.74, 6) is 0. The van der Waals surface area contributed by atoms with E-state index in [4.69, 9.17) is 5.11 Å². The lowest BCUT2D eigenvalue weighted by Crippen LogP contribution is -2.18. The molecule has 0 aromatic heterocycles. The number of aliphatic hydroxyl groups excluding tert-OH is 1. The zero-order valence-corrected chi connectivity index (χ0v) is 10.7. The number of halogens is 3. The Bertz CT molecular complexity index is 366. The van der Waals surface area contributed by atoms with E-state index in [1.807, 2.05) is 26.0 Å². The Balaban J connectivity index is 2.61. The van der Waals surface area contributed by atoms with Crippen molar-refractivity contribution >= 4 is 0 Å². The Kier molecular flexibility index (Phi) is 4.79. The van der Waals surface area contributed by atoms with Crippen LogP contribution in [-0.2, 0) is 12.0 Å². The summed E-state index contributed by atoms with van der Waals surface area (Å²) < 4.78 is 36.3. The lowest BCUT2D eigenvalue weighted by Gasteiger charge is -2.25. The third-order valence-corrected chi connectivity index (χ3v) is 3.18. The van der Waals surface area contributed by atoms with E-state index in [2.05, 4.69) is 0 Å². The molecule has 0 radical (unpaired) electrons. The first-order chi connectivity index (χ1) is 8.24. The molecule has 0 saturated heterocycles. The summed E-state index contributed by atoms with van der Waals surface area (Å²) in [5.41, 5.74) is 1.53. The zero-order valence-electron chi connectivity index (χ0n) is 10.7. The molecule has 0 bridgehead atoms. The number of hydrogen-bond acceptors (Lipinski definition) is 1. The maximum Gasteiger partial charge on any atom is 0.389 e. The molecule has 1 rings (SSSR count). The van der Waals surface area contributed by atoms with Crippen molar-refractivity contribution in [2.45, 2.75) is 51.3 Å². The normalized spacial score (nSPS) is 12.8. The van der Waals surface area contributed by atoms with E-state index in [0.717, 1.165) is 11.1 Å². The number of benzene rings is 1. The van der Waals surface area contributed by atoms with E-state index < -0.39 is 12.6 Å². The highest BCUT2D eigenvalue weighted by molar-refractivity contribution is 5.27. The van der Waals surface area contributed by atoms with Crippen molar-refractivity contribution in [3.8, 4) is 0 Å². The summed E-state index contributed by atoms with van der Waals surface area (Å²) in [5, 5.41) is 8.94. The highest BCUT2D eigenvalue weighted by Crippen LogP contribution is 2.32. The highest BCUT2D eigenvalue weighted by atomic mass is 19.4. The van der Waals surface area contributed by atoms with Crippen molar-refractivity contribution in [1.29, 1.82) is 0 Å². The van der Waals surface area contributed by atoms with E-state index in [0.29, 0.717) is 6.42 Å². The molecule has 0 unspecified atom stereocenters. The van der Waals surface area contributed by atoms with Gasteiger partial charge in [0, 0.05) is 6.42 Å². The Morgan fingerprint density at radius 3 is 2.00 bits per heavy atom. The van der Waals surface area contributed by atoms with Gasteiger partial charge in [0.2, 0.25) is 0 Å². The number of alkyl halides is 3. The van der Waals surface area contributed by atoms with E-state index >= 15 is 0 Å². The summed E-state index contributed by atoms with van der Waals surface area (Å²) in [6, 6.07) is 7.36. The van der Waals surface area contributed by atoms with Gasteiger partial charge in [-0.3, -0.25) is 0 Å². The molecular formula is C14H19F3O. The van der Waals surface area contributed by atoms with Gasteiger partial charge in [-0.1, -0.05) is 38.1 Å². The highest BCUT2D eigenvalue weighted by Gasteiger charge is 2.28. The summed E-state index contributed by atoms with van der Waals surface area (Å²) in [7, 11) is 0. The molecule has 0 amide bonds. The minimum absolute atomic E-state index is 0.0191. The van der Waals surface area contributed by atoms with E-state index in [1.54, 1.807) is 12.1 Å². The van der Waals surface area contributed by atoms with Gasteiger partial charge in [-0.2, -0.15) is 13.2 Å². The van der Waals surface area contributed by atoms with Crippen molar-refractivity contribution in [2.24, 2.45) is 0 Å². The molecule has 1 N–H and O–H groups in total. The SMILES string of the molecule is CC(C)(CCCC(F)(F)F)c1ccc(CO)cc1. The van der Waals surface area contributed by atoms with Crippen LogP contribution in [0.3, 0.4) is 0 Å². The first kappa shape index (κ1) is 15.0. The largest absolute Gasteiger partial charge is 0.392 e. The van der Waals surface area contributed by atoms with Crippen LogP contribution >= 0.6 is 0 Å². The number of rotatable bonds is 5. The van der Waals surface area contributed by atoms with Crippen LogP contribution in [-0.4, -0.2) is 11.3 Å². The molecule has 1 aromatic rings. The molecule has 1 aromatic carbocycles. The second kappa shape index (κ2) is 5.74. The van der Waals surface area contributed by atoms with Crippen molar-refractivity contribution < 1.29 is 18.3 Å². The maximum atomic E-state index is 12.1. The maximum absolute atomic E-state index is 12.1. The van der Waals surface area contributed by atoms with Gasteiger partial charge in [-0.25, -0.2) is 0 Å². The molecule has 4 heteroatoms. The van der Waals surface area contributed by atoms with Crippen LogP contribution in [0, 0.1) is 0 Å². The van der Waals surface area contributed by atoms with Crippen LogP contribution in [0.5, 0.6) is 0 Å². The minimum atomic E-state index is -4.07. The molecule has 1 nitrogen and oxygen atoms in total. The van der Waals surface area contributed by atoms with Crippen LogP contribution in [0.15, 0.2) is 24.3 Å². The van der Waals surface area contributed by atoms with Gasteiger partial charge in [0.25, 0.3) is 0 Å². The van der Waals surface area contributed by atoms with Crippen LogP contribution in [0.1, 0.15) is 44.2 Å². The molecule has 0 heterocycles. The van der Waals surface area contributed by atoms with Gasteiger partial charge >= 0.3 is 6.18 Å². The van der Waals surface area contributed by atoms with Gasteiger partial charge in [-0.05, 0) is 29.4 Å². The fourth-order valence-electron chi connectivity index (χ4n) is 1.94. The third-order valence-electron chi connectivity index (χ3n) is 3.18. The molecular weight excluding hydrogens is 241 g/mol. The molecule has 102 valence electrons. The molecule has 0 aliphatic carbocycles. The fraction of sp³-hybridized carbons (Fsp3) is 0.571. The van der Waals surface area contributed by atoms with E-state index in [-0.39, 0.29) is 18.4 Å². The second-order valence-electron chi connectivity index (χ2n) is 5.21. The first-order valence-corrected chi connectivity index (χ1v) is 6.02. The summed E-state index contributed by atoms with van der Waals surface area (Å²) >= 11 is 0. The predicted molar refractivity (Wildman–Crippen MR) is 65.3 cm³/mol. The Morgan fingerprint density at radius 1 is 1.00 bits per heavy atom. The third kappa shape index (κ3) is 4.69. The van der Waals surface area contributed by atoms with Crippen molar-refractivity contribution in [1.82, 2.24) is 0 Å². The Labute approximate surface area is 106 Å². The molecule has 18 heavy (non-hydrogen) atoms. The predicted octanol–water partition coefficient (Wildman–Crippen LogP) is 4.19. The van der Waals surface area contributed by atoms with Crippen molar-refractivity contribution in [3.05, 3.63) is 35.4 Å². The van der Waals surface area contributed by atoms with Gasteiger partial charge in [0.15, 0.2) is 0 Å². The smallest absolute Gasteiger partial charge is 0.389 e. The van der Waals surface area contributed by atoms with Crippen molar-refractivity contribution in [3.63, 3.8) is 0 Å². The van der Waals surface area contributed by atoms with Gasteiger partial charge < -0.3 is 5.11 Å². The molecule has 0 aliphatic heterocycles. The summed E-state index contributed by atoms with van der Waals surface area (Å²) in [6.07, 6.45) is -4.18. The zero-order chi connectivity index (χ0) is 13.8. The van der Waals surface area contributed by atoms with Crippen LogP contribution < -0.4 is 0 Å². The van der Waals surface area contributed by atoms with Crippen molar-refractivity contribution in [2.75, 3.05) is 0 Å². The fourth-order valence-corrected chi connectivity index (χ4v) is 1.94.